The van der Waals surface area contributed by atoms with Gasteiger partial charge >= 0.3 is 11.9 Å². The lowest BCUT2D eigenvalue weighted by Gasteiger charge is -2.07. The van der Waals surface area contributed by atoms with Gasteiger partial charge in [-0.25, -0.2) is 9.97 Å². The summed E-state index contributed by atoms with van der Waals surface area (Å²) >= 11 is 0. The predicted octanol–water partition coefficient (Wildman–Crippen LogP) is 7.85. The molecule has 6 nitrogen and oxygen atoms in total. The van der Waals surface area contributed by atoms with Gasteiger partial charge in [-0.15, -0.1) is 0 Å². The van der Waals surface area contributed by atoms with Crippen LogP contribution < -0.4 is 9.47 Å². The quantitative estimate of drug-likeness (QED) is 0.122. The molecule has 0 fully saturated rings. The van der Waals surface area contributed by atoms with Crippen LogP contribution in [0.1, 0.15) is 110 Å². The Kier molecular flexibility index (Phi) is 14.4. The first-order chi connectivity index (χ1) is 17.1. The first kappa shape index (κ1) is 28.5. The highest BCUT2D eigenvalue weighted by Gasteiger charge is 2.09. The Hall–Kier alpha value is -2.76. The number of rotatable bonds is 18. The number of hydrogen-bond donors (Lipinski definition) is 0. The summed E-state index contributed by atoms with van der Waals surface area (Å²) in [5.74, 6) is 0.929. The van der Waals surface area contributed by atoms with E-state index in [1.54, 1.807) is 12.1 Å². The molecule has 0 bridgehead atoms. The summed E-state index contributed by atoms with van der Waals surface area (Å²) in [5.41, 5.74) is 0.793. The molecule has 0 unspecified atom stereocenters. The number of unbranched alkanes of at least 4 members (excludes halogenated alkanes) is 11. The largest absolute Gasteiger partial charge is 0.427 e. The molecule has 35 heavy (non-hydrogen) atoms. The monoisotopic (exact) mass is 482 g/mol. The molecule has 0 radical (unpaired) electrons. The zero-order chi connectivity index (χ0) is 25.1. The number of carbonyl (C=O) groups excluding carboxylic acids is 2. The van der Waals surface area contributed by atoms with Crippen LogP contribution in [0.3, 0.4) is 0 Å². The summed E-state index contributed by atoms with van der Waals surface area (Å²) in [6, 6.07) is 7.12. The maximum absolute atomic E-state index is 12.0. The van der Waals surface area contributed by atoms with Crippen LogP contribution in [-0.2, 0) is 9.59 Å². The highest BCUT2D eigenvalue weighted by molar-refractivity contribution is 5.73. The molecule has 1 aromatic heterocycles. The topological polar surface area (TPSA) is 78.4 Å². The van der Waals surface area contributed by atoms with Crippen molar-refractivity contribution in [3.8, 4) is 22.9 Å². The third kappa shape index (κ3) is 12.5. The van der Waals surface area contributed by atoms with Gasteiger partial charge in [0.2, 0.25) is 0 Å². The van der Waals surface area contributed by atoms with Gasteiger partial charge in [0.15, 0.2) is 11.6 Å². The number of ether oxygens (including phenoxy) is 2. The van der Waals surface area contributed by atoms with Crippen LogP contribution in [0.4, 0.5) is 0 Å². The lowest BCUT2D eigenvalue weighted by molar-refractivity contribution is -0.135. The molecule has 0 aliphatic carbocycles. The maximum atomic E-state index is 12.0. The first-order valence-corrected chi connectivity index (χ1v) is 13.5. The molecule has 0 N–H and O–H groups in total. The van der Waals surface area contributed by atoms with E-state index in [-0.39, 0.29) is 11.9 Å². The molecule has 6 heteroatoms. The molecular formula is C29H42N2O4. The maximum Gasteiger partial charge on any atom is 0.311 e. The summed E-state index contributed by atoms with van der Waals surface area (Å²) in [4.78, 5) is 32.7. The Morgan fingerprint density at radius 2 is 1.03 bits per heavy atom. The van der Waals surface area contributed by atoms with Gasteiger partial charge < -0.3 is 9.47 Å². The number of carbonyl (C=O) groups is 2. The van der Waals surface area contributed by atoms with Crippen molar-refractivity contribution in [1.29, 1.82) is 0 Å². The molecule has 0 amide bonds. The minimum absolute atomic E-state index is 0.202. The van der Waals surface area contributed by atoms with E-state index < -0.39 is 0 Å². The molecule has 2 rings (SSSR count). The molecule has 192 valence electrons. The molecule has 0 aliphatic heterocycles. The van der Waals surface area contributed by atoms with Crippen molar-refractivity contribution in [3.05, 3.63) is 36.7 Å². The van der Waals surface area contributed by atoms with Gasteiger partial charge in [-0.1, -0.05) is 84.5 Å². The predicted molar refractivity (Wildman–Crippen MR) is 139 cm³/mol. The van der Waals surface area contributed by atoms with Crippen LogP contribution in [0.2, 0.25) is 0 Å². The van der Waals surface area contributed by atoms with Gasteiger partial charge in [0, 0.05) is 18.4 Å². The fourth-order valence-corrected chi connectivity index (χ4v) is 3.83. The molecule has 0 saturated carbocycles. The van der Waals surface area contributed by atoms with Crippen molar-refractivity contribution in [3.63, 3.8) is 0 Å². The van der Waals surface area contributed by atoms with E-state index in [0.29, 0.717) is 30.2 Å². The Morgan fingerprint density at radius 1 is 0.600 bits per heavy atom. The number of aromatic nitrogens is 2. The van der Waals surface area contributed by atoms with Gasteiger partial charge in [-0.05, 0) is 37.1 Å². The number of hydrogen-bond acceptors (Lipinski definition) is 6. The lowest BCUT2D eigenvalue weighted by atomic mass is 10.1. The van der Waals surface area contributed by atoms with E-state index in [2.05, 4.69) is 23.8 Å². The Balaban J connectivity index is 1.69. The highest BCUT2D eigenvalue weighted by atomic mass is 16.5. The standard InChI is InChI=1S/C29H42N2O4/c1-3-5-7-9-11-13-15-17-28(33)35-26-22-30-29(31-23-26)24-18-20-25(21-19-24)34-27(32)16-14-12-10-8-6-4-2/h18-23H,3-17H2,1-2H3. The van der Waals surface area contributed by atoms with E-state index in [4.69, 9.17) is 9.47 Å². The molecule has 0 aliphatic rings. The van der Waals surface area contributed by atoms with E-state index in [1.807, 2.05) is 12.1 Å². The van der Waals surface area contributed by atoms with Gasteiger partial charge in [-0.2, -0.15) is 0 Å². The van der Waals surface area contributed by atoms with Crippen LogP contribution in [0.15, 0.2) is 36.7 Å². The normalized spacial score (nSPS) is 10.8. The van der Waals surface area contributed by atoms with Crippen molar-refractivity contribution in [2.45, 2.75) is 110 Å². The molecule has 0 spiro atoms. The lowest BCUT2D eigenvalue weighted by Crippen LogP contribution is -2.08. The Morgan fingerprint density at radius 3 is 1.51 bits per heavy atom. The molecular weight excluding hydrogens is 440 g/mol. The van der Waals surface area contributed by atoms with E-state index in [0.717, 1.165) is 31.2 Å². The number of esters is 2. The van der Waals surface area contributed by atoms with E-state index in [1.165, 1.54) is 70.2 Å². The third-order valence-electron chi connectivity index (χ3n) is 5.92. The minimum atomic E-state index is -0.248. The fourth-order valence-electron chi connectivity index (χ4n) is 3.83. The summed E-state index contributed by atoms with van der Waals surface area (Å²) in [7, 11) is 0. The SMILES string of the molecule is CCCCCCCCCC(=O)Oc1cnc(-c2ccc(OC(=O)CCCCCCCC)cc2)nc1. The summed E-state index contributed by atoms with van der Waals surface area (Å²) < 4.78 is 10.8. The third-order valence-corrected chi connectivity index (χ3v) is 5.92. The Labute approximate surface area is 210 Å². The van der Waals surface area contributed by atoms with Gasteiger partial charge in [0.1, 0.15) is 5.75 Å². The van der Waals surface area contributed by atoms with Gasteiger partial charge in [0.05, 0.1) is 12.4 Å². The van der Waals surface area contributed by atoms with Crippen molar-refractivity contribution < 1.29 is 19.1 Å². The fraction of sp³-hybridized carbons (Fsp3) is 0.586. The van der Waals surface area contributed by atoms with Crippen LogP contribution in [0.5, 0.6) is 11.5 Å². The van der Waals surface area contributed by atoms with Crippen LogP contribution >= 0.6 is 0 Å². The Bertz CT molecular complexity index is 850. The number of benzene rings is 1. The van der Waals surface area contributed by atoms with Gasteiger partial charge in [-0.3, -0.25) is 9.59 Å². The summed E-state index contributed by atoms with van der Waals surface area (Å²) in [5, 5.41) is 0. The summed E-state index contributed by atoms with van der Waals surface area (Å²) in [6.45, 7) is 4.40. The molecule has 2 aromatic rings. The molecule has 0 atom stereocenters. The van der Waals surface area contributed by atoms with Crippen molar-refractivity contribution >= 4 is 11.9 Å². The average Bonchev–Trinajstić information content (AvgIpc) is 2.86. The van der Waals surface area contributed by atoms with Gasteiger partial charge in [0.25, 0.3) is 0 Å². The second-order valence-electron chi connectivity index (χ2n) is 9.10. The number of nitrogens with zero attached hydrogens (tertiary/aromatic N) is 2. The first-order valence-electron chi connectivity index (χ1n) is 13.5. The minimum Gasteiger partial charge on any atom is -0.427 e. The molecule has 1 aromatic carbocycles. The van der Waals surface area contributed by atoms with Crippen molar-refractivity contribution in [2.24, 2.45) is 0 Å². The molecule has 1 heterocycles. The average molecular weight is 483 g/mol. The van der Waals surface area contributed by atoms with E-state index in [9.17, 15) is 9.59 Å². The van der Waals surface area contributed by atoms with Crippen molar-refractivity contribution in [1.82, 2.24) is 9.97 Å². The van der Waals surface area contributed by atoms with Crippen LogP contribution in [0, 0.1) is 0 Å². The second-order valence-corrected chi connectivity index (χ2v) is 9.10. The van der Waals surface area contributed by atoms with Crippen molar-refractivity contribution in [2.75, 3.05) is 0 Å². The van der Waals surface area contributed by atoms with Crippen LogP contribution in [0.25, 0.3) is 11.4 Å². The van der Waals surface area contributed by atoms with Crippen LogP contribution in [-0.4, -0.2) is 21.9 Å². The highest BCUT2D eigenvalue weighted by Crippen LogP contribution is 2.21. The zero-order valence-corrected chi connectivity index (χ0v) is 21.6. The van der Waals surface area contributed by atoms with E-state index >= 15 is 0 Å². The second kappa shape index (κ2) is 17.6. The zero-order valence-electron chi connectivity index (χ0n) is 21.6. The smallest absolute Gasteiger partial charge is 0.311 e. The molecule has 0 saturated heterocycles. The summed E-state index contributed by atoms with van der Waals surface area (Å²) in [6.07, 6.45) is 18.8.